The summed E-state index contributed by atoms with van der Waals surface area (Å²) in [7, 11) is 3.67. The van der Waals surface area contributed by atoms with Crippen molar-refractivity contribution in [3.63, 3.8) is 0 Å². The molecule has 0 radical (unpaired) electrons. The van der Waals surface area contributed by atoms with Gasteiger partial charge < -0.3 is 4.74 Å². The van der Waals surface area contributed by atoms with Gasteiger partial charge in [0.25, 0.3) is 0 Å². The average molecular weight is 344 g/mol. The van der Waals surface area contributed by atoms with Crippen LogP contribution in [-0.2, 0) is 11.2 Å². The molecule has 0 saturated carbocycles. The Morgan fingerprint density at radius 1 is 1.58 bits per heavy atom. The monoisotopic (exact) mass is 343 g/mol. The van der Waals surface area contributed by atoms with Crippen LogP contribution in [-0.4, -0.2) is 48.9 Å². The van der Waals surface area contributed by atoms with E-state index < -0.39 is 0 Å². The van der Waals surface area contributed by atoms with Crippen LogP contribution in [0.5, 0.6) is 5.75 Å². The lowest BCUT2D eigenvalue weighted by Crippen LogP contribution is -2.45. The maximum atomic E-state index is 12.4. The van der Waals surface area contributed by atoms with Crippen molar-refractivity contribution in [3.8, 4) is 5.75 Å². The van der Waals surface area contributed by atoms with Crippen molar-refractivity contribution in [2.24, 2.45) is 0 Å². The molecule has 0 spiro atoms. The fourth-order valence-corrected chi connectivity index (χ4v) is 3.78. The van der Waals surface area contributed by atoms with Gasteiger partial charge in [-0.2, -0.15) is 11.8 Å². The second-order valence-corrected chi connectivity index (χ2v) is 6.68. The smallest absolute Gasteiger partial charge is 0.155 e. The van der Waals surface area contributed by atoms with E-state index in [0.29, 0.717) is 6.42 Å². The maximum absolute atomic E-state index is 12.4. The Kier molecular flexibility index (Phi) is 5.30. The number of likely N-dealkylation sites (N-methyl/N-ethyl adjacent to an activating group) is 1. The minimum atomic E-state index is 0.0388. The number of hydrogen-bond acceptors (Lipinski definition) is 4. The van der Waals surface area contributed by atoms with Gasteiger partial charge in [0.15, 0.2) is 5.78 Å². The number of benzene rings is 1. The van der Waals surface area contributed by atoms with Gasteiger partial charge in [-0.3, -0.25) is 9.69 Å². The Balaban J connectivity index is 2.09. The third-order valence-electron chi connectivity index (χ3n) is 3.39. The van der Waals surface area contributed by atoms with Gasteiger partial charge in [0.2, 0.25) is 0 Å². The molecule has 104 valence electrons. The molecule has 1 unspecified atom stereocenters. The minimum absolute atomic E-state index is 0.0388. The molecule has 3 nitrogen and oxygen atoms in total. The summed E-state index contributed by atoms with van der Waals surface area (Å²) in [4.78, 5) is 14.6. The van der Waals surface area contributed by atoms with Crippen LogP contribution in [0.1, 0.15) is 5.56 Å². The Hall–Kier alpha value is -0.520. The molecule has 0 bridgehead atoms. The first kappa shape index (κ1) is 14.9. The minimum Gasteiger partial charge on any atom is -0.497 e. The lowest BCUT2D eigenvalue weighted by molar-refractivity contribution is -0.122. The summed E-state index contributed by atoms with van der Waals surface area (Å²) in [6, 6.07) is 5.79. The van der Waals surface area contributed by atoms with Crippen LogP contribution in [0, 0.1) is 0 Å². The third kappa shape index (κ3) is 3.74. The normalized spacial score (nSPS) is 20.3. The third-order valence-corrected chi connectivity index (χ3v) is 5.18. The zero-order valence-electron chi connectivity index (χ0n) is 11.2. The van der Waals surface area contributed by atoms with Gasteiger partial charge in [-0.25, -0.2) is 0 Å². The van der Waals surface area contributed by atoms with Gasteiger partial charge >= 0.3 is 0 Å². The van der Waals surface area contributed by atoms with E-state index in [2.05, 4.69) is 20.8 Å². The molecule has 1 fully saturated rings. The van der Waals surface area contributed by atoms with Crippen LogP contribution in [0.25, 0.3) is 0 Å². The van der Waals surface area contributed by atoms with Crippen LogP contribution in [0.3, 0.4) is 0 Å². The van der Waals surface area contributed by atoms with Gasteiger partial charge in [0, 0.05) is 28.9 Å². The standard InChI is InChI=1S/C14H18BrNO2S/c1-16-5-6-19-9-13(16)14(17)8-10-7-11(18-2)3-4-12(10)15/h3-4,7,13H,5-6,8-9H2,1-2H3. The SMILES string of the molecule is COc1ccc(Br)c(CC(=O)C2CSCCN2C)c1. The predicted octanol–water partition coefficient (Wildman–Crippen LogP) is 2.62. The summed E-state index contributed by atoms with van der Waals surface area (Å²) in [6.45, 7) is 0.986. The number of carbonyl (C=O) groups excluding carboxylic acids is 1. The summed E-state index contributed by atoms with van der Waals surface area (Å²) in [5, 5.41) is 0. The van der Waals surface area contributed by atoms with Crippen LogP contribution in [0.2, 0.25) is 0 Å². The summed E-state index contributed by atoms with van der Waals surface area (Å²) < 4.78 is 6.18. The first-order valence-electron chi connectivity index (χ1n) is 6.25. The van der Waals surface area contributed by atoms with Crippen LogP contribution in [0.4, 0.5) is 0 Å². The van der Waals surface area contributed by atoms with Gasteiger partial charge in [-0.1, -0.05) is 15.9 Å². The van der Waals surface area contributed by atoms with E-state index in [-0.39, 0.29) is 11.8 Å². The van der Waals surface area contributed by atoms with Gasteiger partial charge in [0.05, 0.1) is 13.2 Å². The number of rotatable bonds is 4. The number of methoxy groups -OCH3 is 1. The van der Waals surface area contributed by atoms with Crippen molar-refractivity contribution in [3.05, 3.63) is 28.2 Å². The van der Waals surface area contributed by atoms with Gasteiger partial charge in [-0.15, -0.1) is 0 Å². The number of ether oxygens (including phenoxy) is 1. The second-order valence-electron chi connectivity index (χ2n) is 4.67. The molecule has 0 aromatic heterocycles. The summed E-state index contributed by atoms with van der Waals surface area (Å²) in [5.74, 6) is 3.08. The van der Waals surface area contributed by atoms with E-state index in [1.807, 2.05) is 37.0 Å². The van der Waals surface area contributed by atoms with Crippen molar-refractivity contribution >= 4 is 33.5 Å². The number of ketones is 1. The van der Waals surface area contributed by atoms with Crippen molar-refractivity contribution in [2.75, 3.05) is 32.2 Å². The van der Waals surface area contributed by atoms with Gasteiger partial charge in [0.1, 0.15) is 5.75 Å². The molecular formula is C14H18BrNO2S. The molecular weight excluding hydrogens is 326 g/mol. The fourth-order valence-electron chi connectivity index (χ4n) is 2.14. The summed E-state index contributed by atoms with van der Waals surface area (Å²) in [6.07, 6.45) is 0.452. The largest absolute Gasteiger partial charge is 0.497 e. The quantitative estimate of drug-likeness (QED) is 0.840. The molecule has 2 rings (SSSR count). The second kappa shape index (κ2) is 6.77. The summed E-state index contributed by atoms with van der Waals surface area (Å²) in [5.41, 5.74) is 0.994. The molecule has 1 aromatic rings. The fraction of sp³-hybridized carbons (Fsp3) is 0.500. The summed E-state index contributed by atoms with van der Waals surface area (Å²) >= 11 is 5.36. The maximum Gasteiger partial charge on any atom is 0.155 e. The number of nitrogens with zero attached hydrogens (tertiary/aromatic N) is 1. The molecule has 1 heterocycles. The Bertz CT molecular complexity index is 467. The van der Waals surface area contributed by atoms with E-state index >= 15 is 0 Å². The zero-order valence-corrected chi connectivity index (χ0v) is 13.6. The molecule has 1 aliphatic heterocycles. The Morgan fingerprint density at radius 2 is 2.37 bits per heavy atom. The van der Waals surface area contributed by atoms with Crippen molar-refractivity contribution < 1.29 is 9.53 Å². The molecule has 5 heteroatoms. The average Bonchev–Trinajstić information content (AvgIpc) is 2.41. The number of halogens is 1. The number of thioether (sulfide) groups is 1. The Morgan fingerprint density at radius 3 is 3.05 bits per heavy atom. The molecule has 0 N–H and O–H groups in total. The lowest BCUT2D eigenvalue weighted by atomic mass is 10.0. The van der Waals surface area contributed by atoms with Crippen molar-refractivity contribution in [2.45, 2.75) is 12.5 Å². The Labute approximate surface area is 126 Å². The number of hydrogen-bond donors (Lipinski definition) is 0. The van der Waals surface area contributed by atoms with Crippen LogP contribution in [0.15, 0.2) is 22.7 Å². The highest BCUT2D eigenvalue weighted by atomic mass is 79.9. The van der Waals surface area contributed by atoms with E-state index in [0.717, 1.165) is 33.8 Å². The zero-order chi connectivity index (χ0) is 13.8. The highest BCUT2D eigenvalue weighted by Crippen LogP contribution is 2.24. The van der Waals surface area contributed by atoms with Crippen molar-refractivity contribution in [1.29, 1.82) is 0 Å². The highest BCUT2D eigenvalue weighted by Gasteiger charge is 2.26. The molecule has 1 aromatic carbocycles. The van der Waals surface area contributed by atoms with Crippen molar-refractivity contribution in [1.82, 2.24) is 4.90 Å². The highest BCUT2D eigenvalue weighted by molar-refractivity contribution is 9.10. The van der Waals surface area contributed by atoms with E-state index in [4.69, 9.17) is 4.74 Å². The predicted molar refractivity (Wildman–Crippen MR) is 83.1 cm³/mol. The van der Waals surface area contributed by atoms with Crippen LogP contribution < -0.4 is 4.74 Å². The lowest BCUT2D eigenvalue weighted by Gasteiger charge is -2.31. The van der Waals surface area contributed by atoms with Gasteiger partial charge in [-0.05, 0) is 30.8 Å². The topological polar surface area (TPSA) is 29.5 Å². The molecule has 0 amide bonds. The molecule has 1 aliphatic rings. The number of carbonyl (C=O) groups is 1. The van der Waals surface area contributed by atoms with E-state index in [1.165, 1.54) is 0 Å². The van der Waals surface area contributed by atoms with E-state index in [9.17, 15) is 4.79 Å². The number of Topliss-reactive ketones (excluding diaryl/α,β-unsaturated/α-hetero) is 1. The molecule has 0 aliphatic carbocycles. The van der Waals surface area contributed by atoms with E-state index in [1.54, 1.807) is 7.11 Å². The molecule has 1 atom stereocenters. The first-order chi connectivity index (χ1) is 9.11. The first-order valence-corrected chi connectivity index (χ1v) is 8.19. The molecule has 1 saturated heterocycles. The molecule has 19 heavy (non-hydrogen) atoms. The van der Waals surface area contributed by atoms with Crippen LogP contribution >= 0.6 is 27.7 Å².